The first-order valence-corrected chi connectivity index (χ1v) is 13.6. The number of pyridine rings is 1. The topological polar surface area (TPSA) is 93.5 Å². The van der Waals surface area contributed by atoms with E-state index in [0.29, 0.717) is 23.2 Å². The molecule has 10 heteroatoms. The van der Waals surface area contributed by atoms with E-state index < -0.39 is 0 Å². The molecule has 36 heavy (non-hydrogen) atoms. The van der Waals surface area contributed by atoms with Gasteiger partial charge in [-0.05, 0) is 56.2 Å². The number of rotatable bonds is 7. The average molecular weight is 508 g/mol. The molecule has 2 aliphatic heterocycles. The van der Waals surface area contributed by atoms with Gasteiger partial charge in [0.1, 0.15) is 17.0 Å². The Morgan fingerprint density at radius 3 is 2.83 bits per heavy atom. The lowest BCUT2D eigenvalue weighted by atomic mass is 9.95. The van der Waals surface area contributed by atoms with Gasteiger partial charge in [0.25, 0.3) is 0 Å². The van der Waals surface area contributed by atoms with Crippen LogP contribution in [0.4, 0.5) is 0 Å². The summed E-state index contributed by atoms with van der Waals surface area (Å²) in [6.07, 6.45) is 9.17. The molecule has 2 saturated heterocycles. The van der Waals surface area contributed by atoms with Crippen LogP contribution in [0, 0.1) is 5.92 Å². The maximum Gasteiger partial charge on any atom is 0.197 e. The lowest BCUT2D eigenvalue weighted by Crippen LogP contribution is -2.36. The minimum Gasteiger partial charge on any atom is -0.493 e. The van der Waals surface area contributed by atoms with E-state index in [0.717, 1.165) is 53.8 Å². The third kappa shape index (κ3) is 4.42. The van der Waals surface area contributed by atoms with E-state index in [4.69, 9.17) is 19.6 Å². The highest BCUT2D eigenvalue weighted by Crippen LogP contribution is 2.40. The Bertz CT molecular complexity index is 1330. The number of H-pyrrole nitrogens is 1. The lowest BCUT2D eigenvalue weighted by molar-refractivity contribution is 0.152. The normalized spacial score (nSPS) is 19.6. The zero-order valence-electron chi connectivity index (χ0n) is 21.1. The number of ether oxygens (including phenoxy) is 2. The molecule has 9 nitrogen and oxygen atoms in total. The zero-order valence-corrected chi connectivity index (χ0v) is 21.9. The van der Waals surface area contributed by atoms with Crippen molar-refractivity contribution in [2.24, 2.45) is 5.92 Å². The van der Waals surface area contributed by atoms with Gasteiger partial charge in [-0.2, -0.15) is 10.2 Å². The predicted octanol–water partition coefficient (Wildman–Crippen LogP) is 4.59. The molecule has 0 amide bonds. The van der Waals surface area contributed by atoms with Gasteiger partial charge in [0, 0.05) is 41.5 Å². The number of piperidine rings is 1. The van der Waals surface area contributed by atoms with Gasteiger partial charge >= 0.3 is 0 Å². The highest BCUT2D eigenvalue weighted by molar-refractivity contribution is 7.15. The summed E-state index contributed by atoms with van der Waals surface area (Å²) in [5, 5.41) is 13.3. The molecule has 4 aromatic rings. The molecule has 2 fully saturated rings. The van der Waals surface area contributed by atoms with Crippen molar-refractivity contribution in [2.45, 2.75) is 44.9 Å². The van der Waals surface area contributed by atoms with Crippen LogP contribution in [-0.4, -0.2) is 74.6 Å². The van der Waals surface area contributed by atoms with Crippen LogP contribution in [-0.2, 0) is 4.74 Å². The molecule has 0 spiro atoms. The van der Waals surface area contributed by atoms with Gasteiger partial charge < -0.3 is 14.4 Å². The number of likely N-dealkylation sites (tertiary alicyclic amines) is 1. The summed E-state index contributed by atoms with van der Waals surface area (Å²) < 4.78 is 12.9. The molecule has 0 saturated carbocycles. The fraction of sp³-hybridized carbons (Fsp3) is 0.538. The number of aromatic nitrogens is 6. The molecule has 6 rings (SSSR count). The number of hydrogen-bond donors (Lipinski definition) is 1. The van der Waals surface area contributed by atoms with E-state index in [1.165, 1.54) is 37.0 Å². The second kappa shape index (κ2) is 9.91. The number of methoxy groups -OCH3 is 1. The Kier molecular flexibility index (Phi) is 6.49. The lowest BCUT2D eigenvalue weighted by Gasteiger charge is -2.32. The summed E-state index contributed by atoms with van der Waals surface area (Å²) in [4.78, 5) is 13.1. The highest BCUT2D eigenvalue weighted by Gasteiger charge is 2.27. The molecule has 4 aromatic heterocycles. The monoisotopic (exact) mass is 507 g/mol. The third-order valence-electron chi connectivity index (χ3n) is 7.49. The van der Waals surface area contributed by atoms with E-state index in [9.17, 15) is 0 Å². The van der Waals surface area contributed by atoms with E-state index in [1.54, 1.807) is 23.0 Å². The van der Waals surface area contributed by atoms with Gasteiger partial charge in [0.05, 0.1) is 19.4 Å². The van der Waals surface area contributed by atoms with Crippen molar-refractivity contribution in [1.82, 2.24) is 34.7 Å². The molecule has 0 aromatic carbocycles. The number of nitrogens with zero attached hydrogens (tertiary/aromatic N) is 6. The molecular formula is C26H33N7O2S. The van der Waals surface area contributed by atoms with Gasteiger partial charge in [0.15, 0.2) is 11.4 Å². The highest BCUT2D eigenvalue weighted by atomic mass is 32.1. The van der Waals surface area contributed by atoms with Crippen LogP contribution in [0.5, 0.6) is 5.75 Å². The van der Waals surface area contributed by atoms with E-state index in [1.807, 2.05) is 12.3 Å². The molecule has 190 valence electrons. The number of thiazole rings is 1. The van der Waals surface area contributed by atoms with Crippen LogP contribution in [0.25, 0.3) is 27.6 Å². The third-order valence-corrected chi connectivity index (χ3v) is 8.65. The Morgan fingerprint density at radius 2 is 2.08 bits per heavy atom. The summed E-state index contributed by atoms with van der Waals surface area (Å²) in [5.74, 6) is 2.23. The molecular weight excluding hydrogens is 474 g/mol. The zero-order chi connectivity index (χ0) is 24.6. The largest absolute Gasteiger partial charge is 0.493 e. The van der Waals surface area contributed by atoms with Gasteiger partial charge in [-0.1, -0.05) is 13.8 Å². The number of hydrogen-bond acceptors (Lipinski definition) is 8. The fourth-order valence-electron chi connectivity index (χ4n) is 5.56. The van der Waals surface area contributed by atoms with Crippen LogP contribution < -0.4 is 4.74 Å². The Hall–Kier alpha value is -2.82. The van der Waals surface area contributed by atoms with E-state index in [-0.39, 0.29) is 5.92 Å². The Morgan fingerprint density at radius 1 is 1.22 bits per heavy atom. The smallest absolute Gasteiger partial charge is 0.197 e. The molecule has 1 unspecified atom stereocenters. The van der Waals surface area contributed by atoms with Crippen molar-refractivity contribution in [2.75, 3.05) is 40.0 Å². The summed E-state index contributed by atoms with van der Waals surface area (Å²) in [7, 11) is 1.65. The summed E-state index contributed by atoms with van der Waals surface area (Å²) >= 11 is 1.79. The van der Waals surface area contributed by atoms with Gasteiger partial charge in [-0.25, -0.2) is 14.5 Å². The Labute approximate surface area is 214 Å². The van der Waals surface area contributed by atoms with Crippen molar-refractivity contribution >= 4 is 17.0 Å². The quantitative estimate of drug-likeness (QED) is 0.391. The first kappa shape index (κ1) is 23.6. The number of aromatic amines is 1. The molecule has 0 radical (unpaired) electrons. The maximum atomic E-state index is 5.58. The number of fused-ring (bicyclic) bond motifs is 1. The standard InChI is InChI=1S/C26H33N7O2S/c1-16(2)22-23(19-10-20(34-3)25-28-15-29-33(25)13-19)30-31-24(22)26-27-11-21(36-26)18-4-7-32(8-5-18)12-17-6-9-35-14-17/h10-11,13,15-18H,4-9,12,14H2,1-3H3,(H,30,31). The van der Waals surface area contributed by atoms with Gasteiger partial charge in [-0.15, -0.1) is 11.3 Å². The average Bonchev–Trinajstić information content (AvgIpc) is 3.69. The van der Waals surface area contributed by atoms with Crippen LogP contribution in [0.1, 0.15) is 55.4 Å². The summed E-state index contributed by atoms with van der Waals surface area (Å²) in [6.45, 7) is 9.75. The minimum absolute atomic E-state index is 0.265. The summed E-state index contributed by atoms with van der Waals surface area (Å²) in [5.41, 5.74) is 4.72. The van der Waals surface area contributed by atoms with Crippen molar-refractivity contribution < 1.29 is 9.47 Å². The molecule has 0 bridgehead atoms. The van der Waals surface area contributed by atoms with Crippen LogP contribution in [0.3, 0.4) is 0 Å². The second-order valence-electron chi connectivity index (χ2n) is 10.2. The number of nitrogens with one attached hydrogen (secondary N) is 1. The fourth-order valence-corrected chi connectivity index (χ4v) is 6.64. The van der Waals surface area contributed by atoms with Crippen LogP contribution >= 0.6 is 11.3 Å². The van der Waals surface area contributed by atoms with Gasteiger partial charge in [0.2, 0.25) is 0 Å². The van der Waals surface area contributed by atoms with Gasteiger partial charge in [-0.3, -0.25) is 5.10 Å². The second-order valence-corrected chi connectivity index (χ2v) is 11.3. The van der Waals surface area contributed by atoms with Crippen molar-refractivity contribution in [3.63, 3.8) is 0 Å². The maximum absolute atomic E-state index is 5.58. The molecule has 6 heterocycles. The predicted molar refractivity (Wildman–Crippen MR) is 140 cm³/mol. The van der Waals surface area contributed by atoms with Crippen LogP contribution in [0.2, 0.25) is 0 Å². The molecule has 2 aliphatic rings. The van der Waals surface area contributed by atoms with Crippen molar-refractivity contribution in [3.8, 4) is 27.7 Å². The van der Waals surface area contributed by atoms with Crippen LogP contribution in [0.15, 0.2) is 24.8 Å². The Balaban J connectivity index is 1.23. The minimum atomic E-state index is 0.265. The molecule has 0 aliphatic carbocycles. The first-order valence-electron chi connectivity index (χ1n) is 12.8. The first-order chi connectivity index (χ1) is 17.6. The molecule has 1 N–H and O–H groups in total. The summed E-state index contributed by atoms with van der Waals surface area (Å²) in [6, 6.07) is 1.99. The van der Waals surface area contributed by atoms with Crippen molar-refractivity contribution in [1.29, 1.82) is 0 Å². The van der Waals surface area contributed by atoms with Crippen molar-refractivity contribution in [3.05, 3.63) is 35.2 Å². The van der Waals surface area contributed by atoms with E-state index in [2.05, 4.69) is 40.1 Å². The SMILES string of the molecule is COc1cc(-c2[nH]nc(-c3ncc(C4CCN(CC5CCOC5)CC4)s3)c2C(C)C)cn2ncnc12. The van der Waals surface area contributed by atoms with E-state index >= 15 is 0 Å². The molecule has 1 atom stereocenters.